The normalized spacial score (nSPS) is 40.6. The van der Waals surface area contributed by atoms with Crippen LogP contribution in [0.25, 0.3) is 0 Å². The van der Waals surface area contributed by atoms with Crippen molar-refractivity contribution in [3.05, 3.63) is 0 Å². The maximum absolute atomic E-state index is 10.6. The number of aliphatic hydroxyl groups is 1. The fourth-order valence-electron chi connectivity index (χ4n) is 5.28. The third-order valence-electron chi connectivity index (χ3n) is 6.74. The second-order valence-electron chi connectivity index (χ2n) is 9.10. The average molecular weight is 294 g/mol. The zero-order valence-electron chi connectivity index (χ0n) is 14.2. The second-order valence-corrected chi connectivity index (χ2v) is 9.10. The molecule has 1 aliphatic heterocycles. The Labute approximate surface area is 130 Å². The van der Waals surface area contributed by atoms with Gasteiger partial charge in [0.2, 0.25) is 0 Å². The number of rotatable bonds is 1. The van der Waals surface area contributed by atoms with Crippen LogP contribution in [-0.4, -0.2) is 23.4 Å². The van der Waals surface area contributed by atoms with Crippen molar-refractivity contribution in [3.63, 3.8) is 0 Å². The molecule has 3 aliphatic rings. The predicted octanol–water partition coefficient (Wildman–Crippen LogP) is 4.55. The molecule has 0 radical (unpaired) electrons. The lowest BCUT2D eigenvalue weighted by Crippen LogP contribution is -2.45. The lowest BCUT2D eigenvalue weighted by atomic mass is 9.63. The Morgan fingerprint density at radius 3 is 2.43 bits per heavy atom. The molecule has 4 unspecified atom stereocenters. The van der Waals surface area contributed by atoms with Crippen LogP contribution in [0.3, 0.4) is 0 Å². The van der Waals surface area contributed by atoms with Crippen LogP contribution in [0.5, 0.6) is 0 Å². The number of hydrogen-bond donors (Lipinski definition) is 1. The summed E-state index contributed by atoms with van der Waals surface area (Å²) >= 11 is 0. The van der Waals surface area contributed by atoms with Gasteiger partial charge in [-0.1, -0.05) is 33.6 Å². The van der Waals surface area contributed by atoms with E-state index in [2.05, 4.69) is 20.8 Å². The molecule has 0 aromatic rings. The molecular formula is C19H34O2. The summed E-state index contributed by atoms with van der Waals surface area (Å²) < 4.78 is 6.20. The first-order chi connectivity index (χ1) is 9.90. The van der Waals surface area contributed by atoms with Crippen LogP contribution in [0.1, 0.15) is 78.6 Å². The minimum atomic E-state index is -0.0647. The van der Waals surface area contributed by atoms with Crippen molar-refractivity contribution >= 4 is 0 Å². The van der Waals surface area contributed by atoms with Gasteiger partial charge in [0.25, 0.3) is 0 Å². The van der Waals surface area contributed by atoms with E-state index in [1.165, 1.54) is 51.4 Å². The summed E-state index contributed by atoms with van der Waals surface area (Å²) in [6.07, 6.45) is 11.0. The second kappa shape index (κ2) is 5.85. The zero-order valence-corrected chi connectivity index (χ0v) is 14.2. The van der Waals surface area contributed by atoms with Gasteiger partial charge in [0.05, 0.1) is 11.7 Å². The highest BCUT2D eigenvalue weighted by Crippen LogP contribution is 2.49. The van der Waals surface area contributed by atoms with E-state index in [-0.39, 0.29) is 11.7 Å². The summed E-state index contributed by atoms with van der Waals surface area (Å²) in [6.45, 7) is 8.03. The summed E-state index contributed by atoms with van der Waals surface area (Å²) in [5.41, 5.74) is 0.575. The molecule has 122 valence electrons. The van der Waals surface area contributed by atoms with Gasteiger partial charge in [0, 0.05) is 6.61 Å². The van der Waals surface area contributed by atoms with E-state index in [9.17, 15) is 5.11 Å². The van der Waals surface area contributed by atoms with Crippen LogP contribution in [0, 0.1) is 23.2 Å². The molecule has 1 heterocycles. The van der Waals surface area contributed by atoms with Crippen molar-refractivity contribution in [2.45, 2.75) is 90.3 Å². The highest BCUT2D eigenvalue weighted by atomic mass is 16.5. The van der Waals surface area contributed by atoms with E-state index in [1.54, 1.807) is 0 Å². The summed E-state index contributed by atoms with van der Waals surface area (Å²) in [5.74, 6) is 1.98. The highest BCUT2D eigenvalue weighted by Gasteiger charge is 2.45. The molecule has 21 heavy (non-hydrogen) atoms. The van der Waals surface area contributed by atoms with E-state index in [1.807, 2.05) is 0 Å². The molecule has 0 aromatic heterocycles. The molecule has 3 rings (SSSR count). The van der Waals surface area contributed by atoms with Crippen LogP contribution in [0.4, 0.5) is 0 Å². The molecule has 2 aliphatic carbocycles. The third kappa shape index (κ3) is 3.32. The Morgan fingerprint density at radius 1 is 1.05 bits per heavy atom. The van der Waals surface area contributed by atoms with Gasteiger partial charge in [-0.25, -0.2) is 0 Å². The molecule has 1 saturated heterocycles. The van der Waals surface area contributed by atoms with Crippen molar-refractivity contribution in [3.8, 4) is 0 Å². The molecule has 0 bridgehead atoms. The van der Waals surface area contributed by atoms with Crippen LogP contribution in [-0.2, 0) is 4.74 Å². The van der Waals surface area contributed by atoms with Gasteiger partial charge in [0.15, 0.2) is 0 Å². The Hall–Kier alpha value is -0.0800. The Kier molecular flexibility index (Phi) is 4.40. The lowest BCUT2D eigenvalue weighted by Gasteiger charge is -2.47. The van der Waals surface area contributed by atoms with Crippen LogP contribution in [0.15, 0.2) is 0 Å². The highest BCUT2D eigenvalue weighted by molar-refractivity contribution is 4.96. The Morgan fingerprint density at radius 2 is 1.76 bits per heavy atom. The third-order valence-corrected chi connectivity index (χ3v) is 6.74. The predicted molar refractivity (Wildman–Crippen MR) is 86.2 cm³/mol. The molecule has 2 heteroatoms. The van der Waals surface area contributed by atoms with E-state index in [4.69, 9.17) is 4.74 Å². The minimum absolute atomic E-state index is 0.0647. The van der Waals surface area contributed by atoms with Gasteiger partial charge in [0.1, 0.15) is 0 Å². The van der Waals surface area contributed by atoms with Crippen molar-refractivity contribution < 1.29 is 9.84 Å². The molecule has 0 aromatic carbocycles. The summed E-state index contributed by atoms with van der Waals surface area (Å²) in [7, 11) is 0. The summed E-state index contributed by atoms with van der Waals surface area (Å²) in [6, 6.07) is 0. The quantitative estimate of drug-likeness (QED) is 0.769. The molecular weight excluding hydrogens is 260 g/mol. The first kappa shape index (κ1) is 15.8. The lowest BCUT2D eigenvalue weighted by molar-refractivity contribution is -0.121. The van der Waals surface area contributed by atoms with Gasteiger partial charge < -0.3 is 9.84 Å². The Bertz CT molecular complexity index is 351. The van der Waals surface area contributed by atoms with Crippen molar-refractivity contribution in [2.24, 2.45) is 23.2 Å². The molecule has 1 N–H and O–H groups in total. The SMILES string of the molecule is CC(C)(C)C1CCC(O)C(C2CCOC3(CCCC3)C2)C1. The van der Waals surface area contributed by atoms with Gasteiger partial charge in [-0.15, -0.1) is 0 Å². The number of hydrogen-bond acceptors (Lipinski definition) is 2. The standard InChI is InChI=1S/C19H34O2/c1-18(2,3)15-6-7-17(20)16(12-15)14-8-11-21-19(13-14)9-4-5-10-19/h14-17,20H,4-13H2,1-3H3. The van der Waals surface area contributed by atoms with E-state index >= 15 is 0 Å². The van der Waals surface area contributed by atoms with E-state index < -0.39 is 0 Å². The van der Waals surface area contributed by atoms with Crippen LogP contribution >= 0.6 is 0 Å². The largest absolute Gasteiger partial charge is 0.393 e. The smallest absolute Gasteiger partial charge is 0.0685 e. The zero-order chi connectivity index (χ0) is 15.1. The molecule has 2 saturated carbocycles. The Balaban J connectivity index is 1.69. The van der Waals surface area contributed by atoms with Crippen molar-refractivity contribution in [2.75, 3.05) is 6.61 Å². The first-order valence-corrected chi connectivity index (χ1v) is 9.22. The molecule has 1 spiro atoms. The van der Waals surface area contributed by atoms with Crippen LogP contribution < -0.4 is 0 Å². The minimum Gasteiger partial charge on any atom is -0.393 e. The monoisotopic (exact) mass is 294 g/mol. The molecule has 0 amide bonds. The number of aliphatic hydroxyl groups excluding tert-OH is 1. The summed E-state index contributed by atoms with van der Waals surface area (Å²) in [4.78, 5) is 0. The van der Waals surface area contributed by atoms with E-state index in [0.717, 1.165) is 18.9 Å². The van der Waals surface area contributed by atoms with Crippen molar-refractivity contribution in [1.82, 2.24) is 0 Å². The fourth-order valence-corrected chi connectivity index (χ4v) is 5.28. The van der Waals surface area contributed by atoms with Crippen LogP contribution in [0.2, 0.25) is 0 Å². The molecule has 3 fully saturated rings. The van der Waals surface area contributed by atoms with Crippen molar-refractivity contribution in [1.29, 1.82) is 0 Å². The van der Waals surface area contributed by atoms with Gasteiger partial charge in [-0.3, -0.25) is 0 Å². The maximum atomic E-state index is 10.6. The fraction of sp³-hybridized carbons (Fsp3) is 1.00. The topological polar surface area (TPSA) is 29.5 Å². The van der Waals surface area contributed by atoms with E-state index in [0.29, 0.717) is 17.3 Å². The maximum Gasteiger partial charge on any atom is 0.0685 e. The molecule has 2 nitrogen and oxygen atoms in total. The molecule has 4 atom stereocenters. The van der Waals surface area contributed by atoms with Gasteiger partial charge >= 0.3 is 0 Å². The van der Waals surface area contributed by atoms with Gasteiger partial charge in [-0.05, 0) is 68.1 Å². The van der Waals surface area contributed by atoms with Gasteiger partial charge in [-0.2, -0.15) is 0 Å². The summed E-state index contributed by atoms with van der Waals surface area (Å²) in [5, 5.41) is 10.6. The average Bonchev–Trinajstić information content (AvgIpc) is 2.86. The first-order valence-electron chi connectivity index (χ1n) is 9.22. The number of ether oxygens (including phenoxy) is 1.